The van der Waals surface area contributed by atoms with Crippen LogP contribution >= 0.6 is 11.6 Å². The predicted octanol–water partition coefficient (Wildman–Crippen LogP) is 4.28. The molecule has 0 aromatic heterocycles. The molecule has 2 aliphatic carbocycles. The fourth-order valence-corrected chi connectivity index (χ4v) is 3.49. The molecule has 1 aromatic carbocycles. The van der Waals surface area contributed by atoms with Crippen molar-refractivity contribution in [1.29, 1.82) is 0 Å². The standard InChI is InChI=1S/C16H20ClNO/c1-10-5-15(16(19-2)8-14(10)17)18-9-13-7-11-3-4-12(13)6-11/h3-5,8,11-13,18H,6-7,9H2,1-2H3. The first-order valence-corrected chi connectivity index (χ1v) is 7.31. The average molecular weight is 278 g/mol. The summed E-state index contributed by atoms with van der Waals surface area (Å²) in [7, 11) is 1.69. The fraction of sp³-hybridized carbons (Fsp3) is 0.500. The third-order valence-electron chi connectivity index (χ3n) is 4.45. The van der Waals surface area contributed by atoms with Crippen LogP contribution in [0.1, 0.15) is 18.4 Å². The lowest BCUT2D eigenvalue weighted by Crippen LogP contribution is -2.18. The molecular formula is C16H20ClNO. The number of hydrogen-bond donors (Lipinski definition) is 1. The van der Waals surface area contributed by atoms with Crippen molar-refractivity contribution in [2.75, 3.05) is 19.0 Å². The number of anilines is 1. The van der Waals surface area contributed by atoms with Gasteiger partial charge in [0.1, 0.15) is 5.75 Å². The van der Waals surface area contributed by atoms with Gasteiger partial charge in [-0.15, -0.1) is 0 Å². The van der Waals surface area contributed by atoms with E-state index < -0.39 is 0 Å². The Bertz CT molecular complexity index is 512. The van der Waals surface area contributed by atoms with Crippen LogP contribution in [0.25, 0.3) is 0 Å². The van der Waals surface area contributed by atoms with Gasteiger partial charge in [-0.3, -0.25) is 0 Å². The Kier molecular flexibility index (Phi) is 3.44. The molecule has 2 aliphatic rings. The summed E-state index contributed by atoms with van der Waals surface area (Å²) < 4.78 is 5.40. The Morgan fingerprint density at radius 2 is 2.16 bits per heavy atom. The van der Waals surface area contributed by atoms with E-state index in [0.717, 1.165) is 46.3 Å². The molecule has 0 spiro atoms. The van der Waals surface area contributed by atoms with Crippen LogP contribution in [0, 0.1) is 24.7 Å². The van der Waals surface area contributed by atoms with Crippen LogP contribution in [-0.2, 0) is 0 Å². The maximum absolute atomic E-state index is 6.13. The molecule has 0 heterocycles. The van der Waals surface area contributed by atoms with Crippen LogP contribution in [0.4, 0.5) is 5.69 Å². The summed E-state index contributed by atoms with van der Waals surface area (Å²) in [5, 5.41) is 4.30. The second-order valence-corrected chi connectivity index (χ2v) is 6.13. The highest BCUT2D eigenvalue weighted by Gasteiger charge is 2.35. The molecule has 3 heteroatoms. The molecule has 3 unspecified atom stereocenters. The number of allylic oxidation sites excluding steroid dienone is 2. The van der Waals surface area contributed by atoms with Gasteiger partial charge in [-0.25, -0.2) is 0 Å². The number of methoxy groups -OCH3 is 1. The molecule has 1 aromatic rings. The van der Waals surface area contributed by atoms with Crippen molar-refractivity contribution in [1.82, 2.24) is 0 Å². The minimum atomic E-state index is 0.755. The van der Waals surface area contributed by atoms with Crippen molar-refractivity contribution in [2.45, 2.75) is 19.8 Å². The van der Waals surface area contributed by atoms with Crippen molar-refractivity contribution in [2.24, 2.45) is 17.8 Å². The molecule has 0 amide bonds. The van der Waals surface area contributed by atoms with Crippen LogP contribution < -0.4 is 10.1 Å². The van der Waals surface area contributed by atoms with Crippen LogP contribution in [0.5, 0.6) is 5.75 Å². The van der Waals surface area contributed by atoms with Gasteiger partial charge in [-0.1, -0.05) is 23.8 Å². The van der Waals surface area contributed by atoms with E-state index in [9.17, 15) is 0 Å². The number of rotatable bonds is 4. The molecule has 1 saturated carbocycles. The van der Waals surface area contributed by atoms with Crippen molar-refractivity contribution in [3.05, 3.63) is 34.9 Å². The highest BCUT2D eigenvalue weighted by molar-refractivity contribution is 6.31. The number of fused-ring (bicyclic) bond motifs is 2. The van der Waals surface area contributed by atoms with Crippen LogP contribution in [0.3, 0.4) is 0 Å². The summed E-state index contributed by atoms with van der Waals surface area (Å²) in [6.07, 6.45) is 7.45. The molecular weight excluding hydrogens is 258 g/mol. The summed E-state index contributed by atoms with van der Waals surface area (Å²) >= 11 is 6.13. The second kappa shape index (κ2) is 5.09. The normalized spacial score (nSPS) is 27.8. The number of hydrogen-bond acceptors (Lipinski definition) is 2. The first kappa shape index (κ1) is 12.9. The molecule has 3 atom stereocenters. The number of nitrogens with one attached hydrogen (secondary N) is 1. The summed E-state index contributed by atoms with van der Waals surface area (Å²) in [5.41, 5.74) is 2.13. The first-order valence-electron chi connectivity index (χ1n) is 6.93. The van der Waals surface area contributed by atoms with Gasteiger partial charge in [0, 0.05) is 17.6 Å². The molecule has 3 rings (SSSR count). The van der Waals surface area contributed by atoms with Crippen molar-refractivity contribution in [3.63, 3.8) is 0 Å². The minimum Gasteiger partial charge on any atom is -0.495 e. The Labute approximate surface area is 119 Å². The zero-order valence-electron chi connectivity index (χ0n) is 11.4. The van der Waals surface area contributed by atoms with E-state index in [1.165, 1.54) is 12.8 Å². The van der Waals surface area contributed by atoms with Gasteiger partial charge in [0.15, 0.2) is 0 Å². The minimum absolute atomic E-state index is 0.755. The Hall–Kier alpha value is -1.15. The van der Waals surface area contributed by atoms with Gasteiger partial charge in [0.2, 0.25) is 0 Å². The van der Waals surface area contributed by atoms with Gasteiger partial charge in [0.05, 0.1) is 12.8 Å². The SMILES string of the molecule is COc1cc(Cl)c(C)cc1NCC1CC2C=CC1C2. The Morgan fingerprint density at radius 3 is 2.79 bits per heavy atom. The number of aryl methyl sites for hydroxylation is 1. The van der Waals surface area contributed by atoms with E-state index in [1.807, 2.05) is 13.0 Å². The number of benzene rings is 1. The molecule has 0 saturated heterocycles. The lowest BCUT2D eigenvalue weighted by atomic mass is 9.93. The van der Waals surface area contributed by atoms with Crippen LogP contribution in [0.2, 0.25) is 5.02 Å². The van der Waals surface area contributed by atoms with Crippen molar-refractivity contribution < 1.29 is 4.74 Å². The van der Waals surface area contributed by atoms with Crippen LogP contribution in [-0.4, -0.2) is 13.7 Å². The monoisotopic (exact) mass is 277 g/mol. The van der Waals surface area contributed by atoms with E-state index in [0.29, 0.717) is 0 Å². The summed E-state index contributed by atoms with van der Waals surface area (Å²) in [5.74, 6) is 3.19. The van der Waals surface area contributed by atoms with E-state index in [4.69, 9.17) is 16.3 Å². The topological polar surface area (TPSA) is 21.3 Å². The zero-order chi connectivity index (χ0) is 13.4. The van der Waals surface area contributed by atoms with Gasteiger partial charge in [-0.2, -0.15) is 0 Å². The number of halogens is 1. The molecule has 19 heavy (non-hydrogen) atoms. The summed E-state index contributed by atoms with van der Waals surface area (Å²) in [6, 6.07) is 3.96. The van der Waals surface area contributed by atoms with Gasteiger partial charge < -0.3 is 10.1 Å². The van der Waals surface area contributed by atoms with Crippen LogP contribution in [0.15, 0.2) is 24.3 Å². The maximum Gasteiger partial charge on any atom is 0.143 e. The molecule has 1 fully saturated rings. The smallest absolute Gasteiger partial charge is 0.143 e. The zero-order valence-corrected chi connectivity index (χ0v) is 12.2. The molecule has 2 nitrogen and oxygen atoms in total. The van der Waals surface area contributed by atoms with E-state index >= 15 is 0 Å². The number of ether oxygens (including phenoxy) is 1. The molecule has 102 valence electrons. The van der Waals surface area contributed by atoms with Gasteiger partial charge >= 0.3 is 0 Å². The summed E-state index contributed by atoms with van der Waals surface area (Å²) in [4.78, 5) is 0. The average Bonchev–Trinajstić information content (AvgIpc) is 3.02. The van der Waals surface area contributed by atoms with E-state index in [-0.39, 0.29) is 0 Å². The highest BCUT2D eigenvalue weighted by Crippen LogP contribution is 2.43. The largest absolute Gasteiger partial charge is 0.495 e. The maximum atomic E-state index is 6.13. The van der Waals surface area contributed by atoms with E-state index in [1.54, 1.807) is 7.11 Å². The predicted molar refractivity (Wildman–Crippen MR) is 80.1 cm³/mol. The molecule has 1 N–H and O–H groups in total. The van der Waals surface area contributed by atoms with Gasteiger partial charge in [-0.05, 0) is 49.1 Å². The quantitative estimate of drug-likeness (QED) is 0.830. The Morgan fingerprint density at radius 1 is 1.32 bits per heavy atom. The van der Waals surface area contributed by atoms with Crippen molar-refractivity contribution >= 4 is 17.3 Å². The third kappa shape index (κ3) is 2.46. The van der Waals surface area contributed by atoms with Gasteiger partial charge in [0.25, 0.3) is 0 Å². The molecule has 0 radical (unpaired) electrons. The fourth-order valence-electron chi connectivity index (χ4n) is 3.34. The second-order valence-electron chi connectivity index (χ2n) is 5.72. The lowest BCUT2D eigenvalue weighted by Gasteiger charge is -2.20. The van der Waals surface area contributed by atoms with E-state index in [2.05, 4.69) is 23.5 Å². The lowest BCUT2D eigenvalue weighted by molar-refractivity contribution is 0.415. The van der Waals surface area contributed by atoms with Crippen molar-refractivity contribution in [3.8, 4) is 5.75 Å². The Balaban J connectivity index is 1.69. The molecule has 2 bridgehead atoms. The third-order valence-corrected chi connectivity index (χ3v) is 4.86. The first-order chi connectivity index (χ1) is 9.17. The molecule has 0 aliphatic heterocycles. The highest BCUT2D eigenvalue weighted by atomic mass is 35.5. The summed E-state index contributed by atoms with van der Waals surface area (Å²) in [6.45, 7) is 3.04.